The SMILES string of the molecule is COC(=O)C(C)CN(C(=O)c1ccc(OC(C)C)cc1)C1CCCCC1C. The molecule has 2 rings (SSSR count). The molecule has 1 saturated carbocycles. The van der Waals surface area contributed by atoms with Crippen molar-refractivity contribution in [1.82, 2.24) is 4.90 Å². The molecule has 1 aromatic rings. The Hall–Kier alpha value is -2.04. The fourth-order valence-electron chi connectivity index (χ4n) is 3.81. The highest BCUT2D eigenvalue weighted by Gasteiger charge is 2.33. The monoisotopic (exact) mass is 375 g/mol. The third-order valence-electron chi connectivity index (χ3n) is 5.27. The van der Waals surface area contributed by atoms with Gasteiger partial charge in [-0.15, -0.1) is 0 Å². The maximum Gasteiger partial charge on any atom is 0.310 e. The number of nitrogens with zero attached hydrogens (tertiary/aromatic N) is 1. The summed E-state index contributed by atoms with van der Waals surface area (Å²) in [5.74, 6) is 0.521. The van der Waals surface area contributed by atoms with Crippen molar-refractivity contribution in [1.29, 1.82) is 0 Å². The largest absolute Gasteiger partial charge is 0.491 e. The summed E-state index contributed by atoms with van der Waals surface area (Å²) >= 11 is 0. The Morgan fingerprint density at radius 2 is 1.74 bits per heavy atom. The van der Waals surface area contributed by atoms with Crippen LogP contribution in [0.1, 0.15) is 63.7 Å². The summed E-state index contributed by atoms with van der Waals surface area (Å²) in [6.07, 6.45) is 4.50. The van der Waals surface area contributed by atoms with E-state index in [4.69, 9.17) is 9.47 Å². The zero-order valence-electron chi connectivity index (χ0n) is 17.2. The van der Waals surface area contributed by atoms with Gasteiger partial charge in [0.2, 0.25) is 0 Å². The molecule has 0 aromatic heterocycles. The quantitative estimate of drug-likeness (QED) is 0.667. The topological polar surface area (TPSA) is 55.8 Å². The molecule has 0 aliphatic heterocycles. The van der Waals surface area contributed by atoms with Gasteiger partial charge in [0.15, 0.2) is 0 Å². The zero-order chi connectivity index (χ0) is 20.0. The van der Waals surface area contributed by atoms with E-state index in [1.54, 1.807) is 0 Å². The number of carbonyl (C=O) groups is 2. The van der Waals surface area contributed by atoms with Crippen LogP contribution in [0.25, 0.3) is 0 Å². The Morgan fingerprint density at radius 3 is 2.30 bits per heavy atom. The van der Waals surface area contributed by atoms with Gasteiger partial charge in [0.05, 0.1) is 19.1 Å². The zero-order valence-corrected chi connectivity index (χ0v) is 17.2. The van der Waals surface area contributed by atoms with Gasteiger partial charge in [-0.3, -0.25) is 9.59 Å². The number of ether oxygens (including phenoxy) is 2. The summed E-state index contributed by atoms with van der Waals surface area (Å²) in [4.78, 5) is 27.1. The molecule has 5 heteroatoms. The van der Waals surface area contributed by atoms with Gasteiger partial charge in [-0.05, 0) is 56.9 Å². The maximum absolute atomic E-state index is 13.3. The van der Waals surface area contributed by atoms with Crippen LogP contribution in [0.4, 0.5) is 0 Å². The van der Waals surface area contributed by atoms with Crippen LogP contribution in [0.2, 0.25) is 0 Å². The van der Waals surface area contributed by atoms with E-state index in [-0.39, 0.29) is 29.9 Å². The second-order valence-corrected chi connectivity index (χ2v) is 7.90. The lowest BCUT2D eigenvalue weighted by Crippen LogP contribution is -2.48. The van der Waals surface area contributed by atoms with E-state index in [1.165, 1.54) is 13.5 Å². The molecule has 0 heterocycles. The van der Waals surface area contributed by atoms with E-state index in [1.807, 2.05) is 49.9 Å². The summed E-state index contributed by atoms with van der Waals surface area (Å²) < 4.78 is 10.5. The number of rotatable bonds is 7. The normalized spacial score (nSPS) is 20.8. The lowest BCUT2D eigenvalue weighted by Gasteiger charge is -2.39. The van der Waals surface area contributed by atoms with Crippen LogP contribution in [0.15, 0.2) is 24.3 Å². The molecule has 5 nitrogen and oxygen atoms in total. The van der Waals surface area contributed by atoms with Crippen LogP contribution in [-0.4, -0.2) is 42.6 Å². The summed E-state index contributed by atoms with van der Waals surface area (Å²) in [5, 5.41) is 0. The van der Waals surface area contributed by atoms with Crippen molar-refractivity contribution >= 4 is 11.9 Å². The molecule has 0 bridgehead atoms. The molecule has 150 valence electrons. The van der Waals surface area contributed by atoms with Gasteiger partial charge in [-0.1, -0.05) is 26.7 Å². The molecule has 1 fully saturated rings. The van der Waals surface area contributed by atoms with Gasteiger partial charge in [-0.25, -0.2) is 0 Å². The first-order valence-corrected chi connectivity index (χ1v) is 9.99. The first-order chi connectivity index (χ1) is 12.8. The molecule has 1 aromatic carbocycles. The molecule has 3 atom stereocenters. The lowest BCUT2D eigenvalue weighted by atomic mass is 9.84. The first-order valence-electron chi connectivity index (χ1n) is 9.99. The predicted octanol–water partition coefficient (Wildman–Crippen LogP) is 4.30. The number of hydrogen-bond donors (Lipinski definition) is 0. The number of amides is 1. The van der Waals surface area contributed by atoms with E-state index in [0.29, 0.717) is 18.0 Å². The highest BCUT2D eigenvalue weighted by molar-refractivity contribution is 5.94. The van der Waals surface area contributed by atoms with Crippen LogP contribution >= 0.6 is 0 Å². The average molecular weight is 376 g/mol. The van der Waals surface area contributed by atoms with Crippen LogP contribution in [-0.2, 0) is 9.53 Å². The lowest BCUT2D eigenvalue weighted by molar-refractivity contribution is -0.145. The van der Waals surface area contributed by atoms with Gasteiger partial charge in [0, 0.05) is 18.2 Å². The second-order valence-electron chi connectivity index (χ2n) is 7.90. The Balaban J connectivity index is 2.22. The maximum atomic E-state index is 13.3. The summed E-state index contributed by atoms with van der Waals surface area (Å²) in [5.41, 5.74) is 0.626. The van der Waals surface area contributed by atoms with E-state index in [0.717, 1.165) is 25.0 Å². The van der Waals surface area contributed by atoms with Crippen molar-refractivity contribution in [2.24, 2.45) is 11.8 Å². The highest BCUT2D eigenvalue weighted by Crippen LogP contribution is 2.30. The van der Waals surface area contributed by atoms with E-state index < -0.39 is 0 Å². The molecular weight excluding hydrogens is 342 g/mol. The number of hydrogen-bond acceptors (Lipinski definition) is 4. The first kappa shape index (κ1) is 21.3. The van der Waals surface area contributed by atoms with Crippen LogP contribution in [0, 0.1) is 11.8 Å². The number of benzene rings is 1. The van der Waals surface area contributed by atoms with Crippen molar-refractivity contribution in [3.05, 3.63) is 29.8 Å². The molecule has 0 spiro atoms. The van der Waals surface area contributed by atoms with Gasteiger partial charge < -0.3 is 14.4 Å². The minimum Gasteiger partial charge on any atom is -0.491 e. The van der Waals surface area contributed by atoms with Crippen molar-refractivity contribution in [2.75, 3.05) is 13.7 Å². The van der Waals surface area contributed by atoms with E-state index >= 15 is 0 Å². The summed E-state index contributed by atoms with van der Waals surface area (Å²) in [6.45, 7) is 8.34. The van der Waals surface area contributed by atoms with Crippen molar-refractivity contribution in [2.45, 2.75) is 65.5 Å². The van der Waals surface area contributed by atoms with Gasteiger partial charge in [0.25, 0.3) is 5.91 Å². The smallest absolute Gasteiger partial charge is 0.310 e. The van der Waals surface area contributed by atoms with Crippen LogP contribution < -0.4 is 4.74 Å². The predicted molar refractivity (Wildman–Crippen MR) is 106 cm³/mol. The molecule has 0 radical (unpaired) electrons. The number of carbonyl (C=O) groups excluding carboxylic acids is 2. The highest BCUT2D eigenvalue weighted by atomic mass is 16.5. The van der Waals surface area contributed by atoms with E-state index in [9.17, 15) is 9.59 Å². The van der Waals surface area contributed by atoms with Crippen LogP contribution in [0.5, 0.6) is 5.75 Å². The van der Waals surface area contributed by atoms with Crippen molar-refractivity contribution < 1.29 is 19.1 Å². The molecule has 3 unspecified atom stereocenters. The molecule has 0 saturated heterocycles. The van der Waals surface area contributed by atoms with E-state index in [2.05, 4.69) is 6.92 Å². The second kappa shape index (κ2) is 9.77. The van der Waals surface area contributed by atoms with Gasteiger partial charge >= 0.3 is 5.97 Å². The fourth-order valence-corrected chi connectivity index (χ4v) is 3.81. The summed E-state index contributed by atoms with van der Waals surface area (Å²) in [7, 11) is 1.39. The van der Waals surface area contributed by atoms with Crippen LogP contribution in [0.3, 0.4) is 0 Å². The third kappa shape index (κ3) is 5.72. The number of methoxy groups -OCH3 is 1. The Bertz CT molecular complexity index is 626. The standard InChI is InChI=1S/C22H33NO4/c1-15(2)27-19-12-10-18(11-13-19)21(24)23(14-17(4)22(25)26-5)20-9-7-6-8-16(20)3/h10-13,15-17,20H,6-9,14H2,1-5H3. The molecular formula is C22H33NO4. The van der Waals surface area contributed by atoms with Crippen molar-refractivity contribution in [3.63, 3.8) is 0 Å². The minimum atomic E-state index is -0.350. The number of esters is 1. The minimum absolute atomic E-state index is 0.0272. The molecule has 0 N–H and O–H groups in total. The molecule has 1 amide bonds. The Morgan fingerprint density at radius 1 is 1.11 bits per heavy atom. The fraction of sp³-hybridized carbons (Fsp3) is 0.636. The average Bonchev–Trinajstić information content (AvgIpc) is 2.65. The molecule has 1 aliphatic carbocycles. The van der Waals surface area contributed by atoms with Gasteiger partial charge in [0.1, 0.15) is 5.75 Å². The Labute approximate surface area is 163 Å². The molecule has 1 aliphatic rings. The summed E-state index contributed by atoms with van der Waals surface area (Å²) in [6, 6.07) is 7.44. The van der Waals surface area contributed by atoms with Gasteiger partial charge in [-0.2, -0.15) is 0 Å². The van der Waals surface area contributed by atoms with Crippen molar-refractivity contribution in [3.8, 4) is 5.75 Å². The molecule has 27 heavy (non-hydrogen) atoms. The Kier molecular flexibility index (Phi) is 7.69. The third-order valence-corrected chi connectivity index (χ3v) is 5.27.